The van der Waals surface area contributed by atoms with Gasteiger partial charge in [0, 0.05) is 6.61 Å². The first-order chi connectivity index (χ1) is 12.8. The van der Waals surface area contributed by atoms with Crippen LogP contribution in [-0.4, -0.2) is 30.8 Å². The molecule has 0 aliphatic rings. The second-order valence-electron chi connectivity index (χ2n) is 8.40. The summed E-state index contributed by atoms with van der Waals surface area (Å²) in [6, 6.07) is 0.888. The lowest BCUT2D eigenvalue weighted by molar-refractivity contribution is -0.926. The number of nitrogens with one attached hydrogen (secondary N) is 1. The molecule has 0 aromatic carbocycles. The molecule has 2 N–H and O–H groups in total. The highest BCUT2D eigenvalue weighted by atomic mass is 35.5. The van der Waals surface area contributed by atoms with Crippen molar-refractivity contribution in [2.24, 2.45) is 0 Å². The summed E-state index contributed by atoms with van der Waals surface area (Å²) in [6.07, 6.45) is 23.1. The van der Waals surface area contributed by atoms with Gasteiger partial charge in [-0.25, -0.2) is 0 Å². The molecule has 0 aromatic rings. The average Bonchev–Trinajstić information content (AvgIpc) is 2.65. The van der Waals surface area contributed by atoms with E-state index in [2.05, 4.69) is 20.8 Å². The monoisotopic (exact) mass is 405 g/mol. The van der Waals surface area contributed by atoms with Gasteiger partial charge in [-0.15, -0.1) is 0 Å². The van der Waals surface area contributed by atoms with E-state index in [1.807, 2.05) is 4.90 Å². The van der Waals surface area contributed by atoms with Gasteiger partial charge >= 0.3 is 0 Å². The average molecular weight is 406 g/mol. The van der Waals surface area contributed by atoms with Gasteiger partial charge in [-0.3, -0.25) is 0 Å². The maximum atomic E-state index is 8.98. The number of hydrogen-bond acceptors (Lipinski definition) is 1. The van der Waals surface area contributed by atoms with Crippen LogP contribution in [-0.2, 0) is 0 Å². The molecule has 0 fully saturated rings. The zero-order chi connectivity index (χ0) is 19.3. The number of quaternary nitrogens is 1. The van der Waals surface area contributed by atoms with E-state index >= 15 is 0 Å². The molecule has 166 valence electrons. The Bertz CT molecular complexity index is 251. The molecule has 0 radical (unpaired) electrons. The van der Waals surface area contributed by atoms with Gasteiger partial charge in [-0.2, -0.15) is 0 Å². The third-order valence-corrected chi connectivity index (χ3v) is 5.90. The van der Waals surface area contributed by atoms with Gasteiger partial charge in [0.15, 0.2) is 0 Å². The van der Waals surface area contributed by atoms with Crippen molar-refractivity contribution in [1.29, 1.82) is 0 Å². The minimum absolute atomic E-state index is 0. The number of rotatable bonds is 21. The fourth-order valence-corrected chi connectivity index (χ4v) is 4.14. The zero-order valence-corrected chi connectivity index (χ0v) is 19.8. The second kappa shape index (κ2) is 24.2. The van der Waals surface area contributed by atoms with Crippen LogP contribution < -0.4 is 17.3 Å². The lowest BCUT2D eigenvalue weighted by Crippen LogP contribution is -3.15. The van der Waals surface area contributed by atoms with E-state index in [-0.39, 0.29) is 12.4 Å². The molecule has 0 amide bonds. The van der Waals surface area contributed by atoms with Crippen molar-refractivity contribution >= 4 is 0 Å². The molecule has 3 heteroatoms. The summed E-state index contributed by atoms with van der Waals surface area (Å²) in [6.45, 7) is 10.1. The Kier molecular flexibility index (Phi) is 26.4. The zero-order valence-electron chi connectivity index (χ0n) is 19.0. The normalized spacial score (nSPS) is 12.3. The summed E-state index contributed by atoms with van der Waals surface area (Å²) in [4.78, 5) is 1.93. The van der Waals surface area contributed by atoms with Crippen LogP contribution in [0.15, 0.2) is 0 Å². The standard InChI is InChI=1S/C24H51NO.ClH/c1-4-7-10-16-21-25(22-17-11-8-5-2)24(19-14-9-6-3)20-15-12-13-18-23-26;/h24,26H,4-23H2,1-3H3;1H. The van der Waals surface area contributed by atoms with Crippen molar-refractivity contribution in [2.75, 3.05) is 19.7 Å². The van der Waals surface area contributed by atoms with Gasteiger partial charge in [0.05, 0.1) is 19.1 Å². The molecule has 0 bridgehead atoms. The maximum Gasteiger partial charge on any atom is 0.0874 e. The molecular weight excluding hydrogens is 354 g/mol. The SMILES string of the molecule is CCCCCC[NH+](CCCCCC)C(CCCCC)CCCCCCO.[Cl-]. The first-order valence-corrected chi connectivity index (χ1v) is 12.2. The Morgan fingerprint density at radius 2 is 0.963 bits per heavy atom. The fourth-order valence-electron chi connectivity index (χ4n) is 4.14. The van der Waals surface area contributed by atoms with Crippen molar-refractivity contribution in [3.63, 3.8) is 0 Å². The Morgan fingerprint density at radius 3 is 1.44 bits per heavy atom. The van der Waals surface area contributed by atoms with E-state index in [4.69, 9.17) is 5.11 Å². The van der Waals surface area contributed by atoms with Crippen molar-refractivity contribution in [1.82, 2.24) is 0 Å². The Labute approximate surface area is 178 Å². The van der Waals surface area contributed by atoms with Gasteiger partial charge in [0.1, 0.15) is 0 Å². The van der Waals surface area contributed by atoms with E-state index in [1.165, 1.54) is 116 Å². The second-order valence-corrected chi connectivity index (χ2v) is 8.40. The topological polar surface area (TPSA) is 24.7 Å². The minimum Gasteiger partial charge on any atom is -1.00 e. The van der Waals surface area contributed by atoms with Crippen LogP contribution in [0.4, 0.5) is 0 Å². The lowest BCUT2D eigenvalue weighted by atomic mass is 9.99. The number of halogens is 1. The van der Waals surface area contributed by atoms with Gasteiger partial charge in [-0.1, -0.05) is 72.1 Å². The van der Waals surface area contributed by atoms with Gasteiger partial charge < -0.3 is 22.4 Å². The molecule has 0 rings (SSSR count). The summed E-state index contributed by atoms with van der Waals surface area (Å²) in [5.74, 6) is 0. The van der Waals surface area contributed by atoms with E-state index in [0.717, 1.165) is 12.5 Å². The number of hydrogen-bond donors (Lipinski definition) is 2. The quantitative estimate of drug-likeness (QED) is 0.282. The molecule has 0 aromatic heterocycles. The van der Waals surface area contributed by atoms with Gasteiger partial charge in [0.2, 0.25) is 0 Å². The van der Waals surface area contributed by atoms with E-state index in [1.54, 1.807) is 0 Å². The molecular formula is C24H52ClNO. The summed E-state index contributed by atoms with van der Waals surface area (Å²) in [5, 5.41) is 8.98. The summed E-state index contributed by atoms with van der Waals surface area (Å²) >= 11 is 0. The lowest BCUT2D eigenvalue weighted by Gasteiger charge is -2.29. The Hall–Kier alpha value is 0.210. The summed E-state index contributed by atoms with van der Waals surface area (Å²) in [7, 11) is 0. The van der Waals surface area contributed by atoms with Crippen LogP contribution in [0.3, 0.4) is 0 Å². The molecule has 0 aliphatic heterocycles. The van der Waals surface area contributed by atoms with Gasteiger partial charge in [-0.05, 0) is 57.8 Å². The van der Waals surface area contributed by atoms with Crippen LogP contribution in [0.1, 0.15) is 130 Å². The highest BCUT2D eigenvalue weighted by Gasteiger charge is 2.21. The predicted molar refractivity (Wildman–Crippen MR) is 117 cm³/mol. The van der Waals surface area contributed by atoms with Crippen molar-refractivity contribution < 1.29 is 22.4 Å². The molecule has 0 saturated heterocycles. The summed E-state index contributed by atoms with van der Waals surface area (Å²) in [5.41, 5.74) is 0. The third-order valence-electron chi connectivity index (χ3n) is 5.90. The maximum absolute atomic E-state index is 8.98. The Morgan fingerprint density at radius 1 is 0.556 bits per heavy atom. The van der Waals surface area contributed by atoms with Crippen LogP contribution in [0.5, 0.6) is 0 Å². The molecule has 1 unspecified atom stereocenters. The number of unbranched alkanes of at least 4 members (excludes halogenated alkanes) is 11. The molecule has 1 atom stereocenters. The molecule has 0 saturated carbocycles. The Balaban J connectivity index is 0. The smallest absolute Gasteiger partial charge is 0.0874 e. The molecule has 27 heavy (non-hydrogen) atoms. The van der Waals surface area contributed by atoms with E-state index < -0.39 is 0 Å². The number of aliphatic hydroxyl groups is 1. The first-order valence-electron chi connectivity index (χ1n) is 12.2. The molecule has 2 nitrogen and oxygen atoms in total. The number of aliphatic hydroxyl groups excluding tert-OH is 1. The highest BCUT2D eigenvalue weighted by Crippen LogP contribution is 2.11. The molecule has 0 heterocycles. The van der Waals surface area contributed by atoms with Crippen LogP contribution in [0, 0.1) is 0 Å². The predicted octanol–water partition coefficient (Wildman–Crippen LogP) is 2.93. The summed E-state index contributed by atoms with van der Waals surface area (Å²) < 4.78 is 0. The third kappa shape index (κ3) is 19.3. The van der Waals surface area contributed by atoms with Crippen LogP contribution >= 0.6 is 0 Å². The van der Waals surface area contributed by atoms with Crippen LogP contribution in [0.25, 0.3) is 0 Å². The van der Waals surface area contributed by atoms with Gasteiger partial charge in [0.25, 0.3) is 0 Å². The minimum atomic E-state index is 0. The van der Waals surface area contributed by atoms with E-state index in [0.29, 0.717) is 6.61 Å². The highest BCUT2D eigenvalue weighted by molar-refractivity contribution is 4.59. The fraction of sp³-hybridized carbons (Fsp3) is 1.00. The first kappa shape index (κ1) is 29.4. The van der Waals surface area contributed by atoms with E-state index in [9.17, 15) is 0 Å². The van der Waals surface area contributed by atoms with Crippen LogP contribution in [0.2, 0.25) is 0 Å². The molecule has 0 aliphatic carbocycles. The van der Waals surface area contributed by atoms with Crippen molar-refractivity contribution in [3.8, 4) is 0 Å². The van der Waals surface area contributed by atoms with Crippen molar-refractivity contribution in [2.45, 2.75) is 136 Å². The molecule has 0 spiro atoms. The van der Waals surface area contributed by atoms with Crippen molar-refractivity contribution in [3.05, 3.63) is 0 Å². The largest absolute Gasteiger partial charge is 1.00 e.